The Hall–Kier alpha value is -0.900. The second-order valence-corrected chi connectivity index (χ2v) is 5.38. The molecule has 0 aliphatic carbocycles. The summed E-state index contributed by atoms with van der Waals surface area (Å²) in [6, 6.07) is 8.55. The zero-order valence-electron chi connectivity index (χ0n) is 10.3. The van der Waals surface area contributed by atoms with Crippen LogP contribution in [-0.2, 0) is 4.74 Å². The Morgan fingerprint density at radius 3 is 2.88 bits per heavy atom. The van der Waals surface area contributed by atoms with Gasteiger partial charge in [-0.1, -0.05) is 25.1 Å². The van der Waals surface area contributed by atoms with Gasteiger partial charge in [0.15, 0.2) is 0 Å². The van der Waals surface area contributed by atoms with Crippen LogP contribution < -0.4 is 5.73 Å². The molecule has 1 aromatic carbocycles. The normalized spacial score (nSPS) is 15.0. The molecular weight excluding hydrogens is 230 g/mol. The monoisotopic (exact) mass is 249 g/mol. The first-order valence-corrected chi connectivity index (χ1v) is 6.82. The Morgan fingerprint density at radius 2 is 2.12 bits per heavy atom. The fraction of sp³-hybridized carbons (Fsp3) is 0.429. The van der Waals surface area contributed by atoms with Crippen LogP contribution in [-0.4, -0.2) is 13.7 Å². The van der Waals surface area contributed by atoms with E-state index in [1.807, 2.05) is 0 Å². The van der Waals surface area contributed by atoms with Crippen molar-refractivity contribution in [3.8, 4) is 0 Å². The fourth-order valence-electron chi connectivity index (χ4n) is 2.05. The lowest BCUT2D eigenvalue weighted by molar-refractivity contribution is 0.175. The predicted octanol–water partition coefficient (Wildman–Crippen LogP) is 3.57. The summed E-state index contributed by atoms with van der Waals surface area (Å²) in [4.78, 5) is 0. The number of rotatable bonds is 5. The van der Waals surface area contributed by atoms with Gasteiger partial charge in [-0.3, -0.25) is 0 Å². The lowest BCUT2D eigenvalue weighted by Gasteiger charge is -2.19. The molecule has 0 saturated heterocycles. The molecule has 2 unspecified atom stereocenters. The summed E-state index contributed by atoms with van der Waals surface area (Å²) in [5.41, 5.74) is 7.61. The van der Waals surface area contributed by atoms with Crippen molar-refractivity contribution in [1.82, 2.24) is 0 Å². The average Bonchev–Trinajstić information content (AvgIpc) is 2.78. The minimum atomic E-state index is 0.0984. The van der Waals surface area contributed by atoms with E-state index in [4.69, 9.17) is 10.5 Å². The van der Waals surface area contributed by atoms with Crippen molar-refractivity contribution >= 4 is 21.4 Å². The first-order valence-electron chi connectivity index (χ1n) is 5.94. The number of ether oxygens (including phenoxy) is 1. The van der Waals surface area contributed by atoms with Gasteiger partial charge in [-0.05, 0) is 34.7 Å². The van der Waals surface area contributed by atoms with Gasteiger partial charge in [0.05, 0.1) is 0 Å². The van der Waals surface area contributed by atoms with Gasteiger partial charge in [-0.25, -0.2) is 0 Å². The van der Waals surface area contributed by atoms with Gasteiger partial charge in [0, 0.05) is 24.5 Å². The molecule has 0 aliphatic rings. The molecule has 0 fully saturated rings. The number of thiophene rings is 1. The van der Waals surface area contributed by atoms with Crippen LogP contribution in [0, 0.1) is 5.92 Å². The first kappa shape index (κ1) is 12.6. The minimum absolute atomic E-state index is 0.0984. The van der Waals surface area contributed by atoms with E-state index in [1.54, 1.807) is 18.4 Å². The van der Waals surface area contributed by atoms with Crippen LogP contribution in [0.5, 0.6) is 0 Å². The van der Waals surface area contributed by atoms with Crippen molar-refractivity contribution in [2.45, 2.75) is 19.4 Å². The van der Waals surface area contributed by atoms with E-state index in [0.29, 0.717) is 5.92 Å². The van der Waals surface area contributed by atoms with Gasteiger partial charge in [0.25, 0.3) is 0 Å². The quantitative estimate of drug-likeness (QED) is 0.879. The first-order chi connectivity index (χ1) is 8.24. The van der Waals surface area contributed by atoms with Gasteiger partial charge in [-0.15, -0.1) is 11.3 Å². The maximum Gasteiger partial charge on any atom is 0.0465 e. The molecule has 0 radical (unpaired) electrons. The van der Waals surface area contributed by atoms with E-state index in [-0.39, 0.29) is 6.04 Å². The summed E-state index contributed by atoms with van der Waals surface area (Å²) in [5.74, 6) is 0.438. The number of benzene rings is 1. The van der Waals surface area contributed by atoms with Crippen LogP contribution in [0.25, 0.3) is 10.1 Å². The van der Waals surface area contributed by atoms with Crippen molar-refractivity contribution in [1.29, 1.82) is 0 Å². The highest BCUT2D eigenvalue weighted by molar-refractivity contribution is 7.17. The molecule has 2 N–H and O–H groups in total. The Balaban J connectivity index is 2.21. The molecule has 2 nitrogen and oxygen atoms in total. The van der Waals surface area contributed by atoms with E-state index in [9.17, 15) is 0 Å². The Labute approximate surface area is 106 Å². The van der Waals surface area contributed by atoms with Crippen molar-refractivity contribution in [2.75, 3.05) is 13.7 Å². The molecule has 3 heteroatoms. The Bertz CT molecular complexity index is 480. The predicted molar refractivity (Wildman–Crippen MR) is 74.4 cm³/mol. The summed E-state index contributed by atoms with van der Waals surface area (Å²) >= 11 is 1.77. The topological polar surface area (TPSA) is 35.2 Å². The van der Waals surface area contributed by atoms with Crippen LogP contribution >= 0.6 is 11.3 Å². The van der Waals surface area contributed by atoms with E-state index in [0.717, 1.165) is 13.0 Å². The van der Waals surface area contributed by atoms with Crippen molar-refractivity contribution in [3.63, 3.8) is 0 Å². The van der Waals surface area contributed by atoms with Crippen LogP contribution in [0.2, 0.25) is 0 Å². The molecule has 92 valence electrons. The standard InChI is InChI=1S/C14H19NOS/c1-10(7-8-16-2)14(15)12-9-17-13-6-4-3-5-11(12)13/h3-6,9-10,14H,7-8,15H2,1-2H3. The molecule has 0 saturated carbocycles. The largest absolute Gasteiger partial charge is 0.385 e. The summed E-state index contributed by atoms with van der Waals surface area (Å²) in [6.07, 6.45) is 1.00. The highest BCUT2D eigenvalue weighted by atomic mass is 32.1. The van der Waals surface area contributed by atoms with Crippen LogP contribution in [0.3, 0.4) is 0 Å². The van der Waals surface area contributed by atoms with Crippen LogP contribution in [0.15, 0.2) is 29.6 Å². The SMILES string of the molecule is COCCC(C)C(N)c1csc2ccccc12. The Kier molecular flexibility index (Phi) is 4.15. The lowest BCUT2D eigenvalue weighted by Crippen LogP contribution is -2.20. The maximum atomic E-state index is 6.34. The molecular formula is C14H19NOS. The van der Waals surface area contributed by atoms with Crippen LogP contribution in [0.1, 0.15) is 24.9 Å². The van der Waals surface area contributed by atoms with E-state index >= 15 is 0 Å². The highest BCUT2D eigenvalue weighted by Crippen LogP contribution is 2.33. The summed E-state index contributed by atoms with van der Waals surface area (Å²) in [6.45, 7) is 2.97. The molecule has 17 heavy (non-hydrogen) atoms. The van der Waals surface area contributed by atoms with E-state index < -0.39 is 0 Å². The third kappa shape index (κ3) is 2.68. The molecule has 0 spiro atoms. The summed E-state index contributed by atoms with van der Waals surface area (Å²) in [5, 5.41) is 3.49. The fourth-order valence-corrected chi connectivity index (χ4v) is 3.05. The zero-order valence-corrected chi connectivity index (χ0v) is 11.2. The van der Waals surface area contributed by atoms with Gasteiger partial charge in [0.1, 0.15) is 0 Å². The zero-order chi connectivity index (χ0) is 12.3. The second-order valence-electron chi connectivity index (χ2n) is 4.47. The maximum absolute atomic E-state index is 6.34. The van der Waals surface area contributed by atoms with Crippen molar-refractivity contribution < 1.29 is 4.74 Å². The number of hydrogen-bond donors (Lipinski definition) is 1. The third-order valence-corrected chi connectivity index (χ3v) is 4.24. The van der Waals surface area contributed by atoms with Gasteiger partial charge >= 0.3 is 0 Å². The third-order valence-electron chi connectivity index (χ3n) is 3.26. The van der Waals surface area contributed by atoms with Gasteiger partial charge < -0.3 is 10.5 Å². The van der Waals surface area contributed by atoms with Crippen molar-refractivity contribution in [3.05, 3.63) is 35.2 Å². The van der Waals surface area contributed by atoms with E-state index in [1.165, 1.54) is 15.6 Å². The Morgan fingerprint density at radius 1 is 1.35 bits per heavy atom. The molecule has 2 aromatic rings. The minimum Gasteiger partial charge on any atom is -0.385 e. The highest BCUT2D eigenvalue weighted by Gasteiger charge is 2.17. The molecule has 1 aromatic heterocycles. The van der Waals surface area contributed by atoms with Gasteiger partial charge in [-0.2, -0.15) is 0 Å². The smallest absolute Gasteiger partial charge is 0.0465 e. The van der Waals surface area contributed by atoms with Crippen molar-refractivity contribution in [2.24, 2.45) is 11.7 Å². The number of fused-ring (bicyclic) bond motifs is 1. The summed E-state index contributed by atoms with van der Waals surface area (Å²) < 4.78 is 6.43. The molecule has 0 bridgehead atoms. The molecule has 2 rings (SSSR count). The van der Waals surface area contributed by atoms with Gasteiger partial charge in [0.2, 0.25) is 0 Å². The number of hydrogen-bond acceptors (Lipinski definition) is 3. The molecule has 1 heterocycles. The molecule has 0 aliphatic heterocycles. The number of nitrogens with two attached hydrogens (primary N) is 1. The van der Waals surface area contributed by atoms with Crippen LogP contribution in [0.4, 0.5) is 0 Å². The number of methoxy groups -OCH3 is 1. The molecule has 2 atom stereocenters. The second kappa shape index (κ2) is 5.63. The lowest BCUT2D eigenvalue weighted by atomic mass is 9.93. The average molecular weight is 249 g/mol. The summed E-state index contributed by atoms with van der Waals surface area (Å²) in [7, 11) is 1.73. The van der Waals surface area contributed by atoms with E-state index in [2.05, 4.69) is 36.6 Å². The molecule has 0 amide bonds.